The van der Waals surface area contributed by atoms with Crippen LogP contribution in [0.1, 0.15) is 33.1 Å². The summed E-state index contributed by atoms with van der Waals surface area (Å²) in [6.07, 6.45) is 0. The third-order valence-electron chi connectivity index (χ3n) is 4.74. The van der Waals surface area contributed by atoms with E-state index >= 15 is 0 Å². The Morgan fingerprint density at radius 2 is 1.77 bits per heavy atom. The molecule has 0 aliphatic heterocycles. The number of nitrogens with one attached hydrogen (secondary N) is 1. The highest BCUT2D eigenvalue weighted by atomic mass is 32.1. The Balaban J connectivity index is 1.52. The number of ether oxygens (including phenoxy) is 1. The molecule has 0 saturated carbocycles. The highest BCUT2D eigenvalue weighted by Gasteiger charge is 2.17. The maximum atomic E-state index is 12.9. The van der Waals surface area contributed by atoms with Gasteiger partial charge >= 0.3 is 0 Å². The van der Waals surface area contributed by atoms with E-state index in [1.165, 1.54) is 11.3 Å². The van der Waals surface area contributed by atoms with Crippen molar-refractivity contribution in [1.29, 1.82) is 0 Å². The van der Waals surface area contributed by atoms with Gasteiger partial charge in [0, 0.05) is 0 Å². The van der Waals surface area contributed by atoms with Gasteiger partial charge in [-0.2, -0.15) is 0 Å². The van der Waals surface area contributed by atoms with Gasteiger partial charge in [0.25, 0.3) is 5.91 Å². The van der Waals surface area contributed by atoms with E-state index in [0.717, 1.165) is 27.4 Å². The fraction of sp³-hybridized carbons (Fsp3) is 0.174. The number of nitrogens with zero attached hydrogens (tertiary/aromatic N) is 2. The highest BCUT2D eigenvalue weighted by Crippen LogP contribution is 2.33. The normalized spacial score (nSPS) is 10.8. The van der Waals surface area contributed by atoms with Gasteiger partial charge in [0.15, 0.2) is 5.13 Å². The topological polar surface area (TPSA) is 77.2 Å². The summed E-state index contributed by atoms with van der Waals surface area (Å²) in [6.45, 7) is 5.92. The number of amides is 1. The molecule has 6 nitrogen and oxygen atoms in total. The molecule has 2 aromatic carbocycles. The standard InChI is InChI=1S/C23H21N3O3S/c1-14-19(16(3)29-26-14)13-28-20-12-8-7-11-18(20)22(27)25-23-24-15(2)21(30-23)17-9-5-4-6-10-17/h4-12H,13H2,1-3H3,(H,24,25,27). The minimum Gasteiger partial charge on any atom is -0.488 e. The van der Waals surface area contributed by atoms with E-state index in [4.69, 9.17) is 9.26 Å². The number of hydrogen-bond donors (Lipinski definition) is 1. The van der Waals surface area contributed by atoms with Crippen LogP contribution in [0.5, 0.6) is 5.75 Å². The van der Waals surface area contributed by atoms with Crippen LogP contribution < -0.4 is 10.1 Å². The van der Waals surface area contributed by atoms with E-state index in [1.54, 1.807) is 18.2 Å². The first-order chi connectivity index (χ1) is 14.5. The van der Waals surface area contributed by atoms with Crippen molar-refractivity contribution in [2.75, 3.05) is 5.32 Å². The number of benzene rings is 2. The maximum Gasteiger partial charge on any atom is 0.261 e. The Hall–Kier alpha value is -3.45. The third kappa shape index (κ3) is 4.11. The molecule has 1 N–H and O–H groups in total. The summed E-state index contributed by atoms with van der Waals surface area (Å²) >= 11 is 1.45. The van der Waals surface area contributed by atoms with Crippen molar-refractivity contribution < 1.29 is 14.1 Å². The molecule has 7 heteroatoms. The van der Waals surface area contributed by atoms with Crippen LogP contribution in [-0.4, -0.2) is 16.0 Å². The van der Waals surface area contributed by atoms with Crippen LogP contribution in [0.4, 0.5) is 5.13 Å². The molecule has 4 rings (SSSR count). The zero-order valence-electron chi connectivity index (χ0n) is 16.9. The van der Waals surface area contributed by atoms with E-state index in [1.807, 2.05) is 57.2 Å². The molecule has 1 amide bonds. The molecule has 0 spiro atoms. The largest absolute Gasteiger partial charge is 0.488 e. The first-order valence-electron chi connectivity index (χ1n) is 9.50. The second-order valence-electron chi connectivity index (χ2n) is 6.84. The lowest BCUT2D eigenvalue weighted by atomic mass is 10.2. The van der Waals surface area contributed by atoms with Crippen molar-refractivity contribution in [2.45, 2.75) is 27.4 Å². The zero-order chi connectivity index (χ0) is 21.1. The second-order valence-corrected chi connectivity index (χ2v) is 7.84. The van der Waals surface area contributed by atoms with Crippen molar-refractivity contribution >= 4 is 22.4 Å². The van der Waals surface area contributed by atoms with Crippen molar-refractivity contribution in [3.63, 3.8) is 0 Å². The van der Waals surface area contributed by atoms with Crippen LogP contribution in [0.2, 0.25) is 0 Å². The number of carbonyl (C=O) groups excluding carboxylic acids is 1. The summed E-state index contributed by atoms with van der Waals surface area (Å²) in [5.41, 5.74) is 4.06. The molecule has 0 radical (unpaired) electrons. The van der Waals surface area contributed by atoms with Crippen LogP contribution in [0.25, 0.3) is 10.4 Å². The summed E-state index contributed by atoms with van der Waals surface area (Å²) in [5, 5.41) is 7.39. The van der Waals surface area contributed by atoms with Crippen molar-refractivity contribution in [3.8, 4) is 16.2 Å². The number of rotatable bonds is 6. The summed E-state index contributed by atoms with van der Waals surface area (Å²) < 4.78 is 11.1. The molecule has 152 valence electrons. The van der Waals surface area contributed by atoms with Crippen molar-refractivity contribution in [2.24, 2.45) is 0 Å². The summed E-state index contributed by atoms with van der Waals surface area (Å²) in [4.78, 5) is 18.5. The Morgan fingerprint density at radius 3 is 2.50 bits per heavy atom. The molecule has 30 heavy (non-hydrogen) atoms. The van der Waals surface area contributed by atoms with Crippen LogP contribution in [0.15, 0.2) is 59.1 Å². The molecule has 0 bridgehead atoms. The zero-order valence-corrected chi connectivity index (χ0v) is 17.7. The van der Waals surface area contributed by atoms with Gasteiger partial charge in [-0.15, -0.1) is 0 Å². The van der Waals surface area contributed by atoms with Gasteiger partial charge in [-0.3, -0.25) is 10.1 Å². The Labute approximate surface area is 178 Å². The summed E-state index contributed by atoms with van der Waals surface area (Å²) in [7, 11) is 0. The predicted molar refractivity (Wildman–Crippen MR) is 117 cm³/mol. The molecular formula is C23H21N3O3S. The van der Waals surface area contributed by atoms with Gasteiger partial charge in [-0.1, -0.05) is 59.0 Å². The smallest absolute Gasteiger partial charge is 0.261 e. The molecule has 4 aromatic rings. The highest BCUT2D eigenvalue weighted by molar-refractivity contribution is 7.19. The third-order valence-corrected chi connectivity index (χ3v) is 5.86. The molecule has 0 unspecified atom stereocenters. The molecule has 0 saturated heterocycles. The molecule has 2 heterocycles. The molecule has 0 aliphatic rings. The van der Waals surface area contributed by atoms with Gasteiger partial charge in [-0.25, -0.2) is 4.98 Å². The van der Waals surface area contributed by atoms with E-state index in [0.29, 0.717) is 22.2 Å². The van der Waals surface area contributed by atoms with Gasteiger partial charge in [0.1, 0.15) is 18.1 Å². The SMILES string of the molecule is Cc1nc(NC(=O)c2ccccc2OCc2c(C)noc2C)sc1-c1ccccc1. The first kappa shape index (κ1) is 19.8. The van der Waals surface area contributed by atoms with Crippen molar-refractivity contribution in [1.82, 2.24) is 10.1 Å². The fourth-order valence-corrected chi connectivity index (χ4v) is 4.08. The van der Waals surface area contributed by atoms with E-state index in [2.05, 4.69) is 15.5 Å². The fourth-order valence-electron chi connectivity index (χ4n) is 3.11. The van der Waals surface area contributed by atoms with Crippen LogP contribution >= 0.6 is 11.3 Å². The maximum absolute atomic E-state index is 12.9. The monoisotopic (exact) mass is 419 g/mol. The molecule has 0 atom stereocenters. The van der Waals surface area contributed by atoms with Gasteiger partial charge in [0.05, 0.1) is 27.4 Å². The summed E-state index contributed by atoms with van der Waals surface area (Å²) in [6, 6.07) is 17.2. The lowest BCUT2D eigenvalue weighted by molar-refractivity contribution is 0.102. The Kier molecular flexibility index (Phi) is 5.63. The van der Waals surface area contributed by atoms with Crippen LogP contribution in [0.3, 0.4) is 0 Å². The number of aryl methyl sites for hydroxylation is 3. The molecule has 0 aliphatic carbocycles. The van der Waals surface area contributed by atoms with Gasteiger partial charge < -0.3 is 9.26 Å². The van der Waals surface area contributed by atoms with Gasteiger partial charge in [-0.05, 0) is 38.5 Å². The minimum atomic E-state index is -0.266. The quantitative estimate of drug-likeness (QED) is 0.443. The average Bonchev–Trinajstić information content (AvgIpc) is 3.28. The number of para-hydroxylation sites is 1. The van der Waals surface area contributed by atoms with Crippen molar-refractivity contribution in [3.05, 3.63) is 82.9 Å². The number of carbonyl (C=O) groups is 1. The second kappa shape index (κ2) is 8.51. The number of thiazole rings is 1. The van der Waals surface area contributed by atoms with E-state index in [-0.39, 0.29) is 12.5 Å². The number of hydrogen-bond acceptors (Lipinski definition) is 6. The number of anilines is 1. The first-order valence-corrected chi connectivity index (χ1v) is 10.3. The predicted octanol–water partition coefficient (Wildman–Crippen LogP) is 5.55. The number of aromatic nitrogens is 2. The van der Waals surface area contributed by atoms with Gasteiger partial charge in [0.2, 0.25) is 0 Å². The Morgan fingerprint density at radius 1 is 1.03 bits per heavy atom. The van der Waals surface area contributed by atoms with E-state index < -0.39 is 0 Å². The summed E-state index contributed by atoms with van der Waals surface area (Å²) in [5.74, 6) is 0.936. The molecule has 2 aromatic heterocycles. The lowest BCUT2D eigenvalue weighted by Crippen LogP contribution is -2.13. The average molecular weight is 420 g/mol. The molecule has 0 fully saturated rings. The minimum absolute atomic E-state index is 0.266. The Bertz CT molecular complexity index is 1160. The molecular weight excluding hydrogens is 398 g/mol. The lowest BCUT2D eigenvalue weighted by Gasteiger charge is -2.10. The van der Waals surface area contributed by atoms with Crippen LogP contribution in [0, 0.1) is 20.8 Å². The van der Waals surface area contributed by atoms with E-state index in [9.17, 15) is 4.79 Å². The van der Waals surface area contributed by atoms with Crippen LogP contribution in [-0.2, 0) is 6.61 Å².